The molecule has 1 nitrogen and oxygen atoms in total. The summed E-state index contributed by atoms with van der Waals surface area (Å²) in [6.45, 7) is -10.2. The van der Waals surface area contributed by atoms with E-state index in [1.165, 1.54) is 24.3 Å². The van der Waals surface area contributed by atoms with Gasteiger partial charge in [0.25, 0.3) is 0 Å². The highest BCUT2D eigenvalue weighted by molar-refractivity contribution is 5.27. The minimum Gasteiger partial charge on any atom is -0.488 e. The van der Waals surface area contributed by atoms with Gasteiger partial charge in [0.2, 0.25) is 0 Å². The third-order valence-corrected chi connectivity index (χ3v) is 1.24. The quantitative estimate of drug-likeness (QED) is 0.608. The van der Waals surface area contributed by atoms with Crippen molar-refractivity contribution in [2.45, 2.75) is 26.2 Å². The average Bonchev–Trinajstić information content (AvgIpc) is 2.21. The topological polar surface area (TPSA) is 9.23 Å². The van der Waals surface area contributed by atoms with Crippen LogP contribution in [0.1, 0.15) is 32.9 Å². The number of allylic oxidation sites excluding steroid dienone is 7. The van der Waals surface area contributed by atoms with Gasteiger partial charge < -0.3 is 4.74 Å². The first-order chi connectivity index (χ1) is 9.83. The lowest BCUT2D eigenvalue weighted by Crippen LogP contribution is -2.18. The van der Waals surface area contributed by atoms with Gasteiger partial charge in [0.1, 0.15) is 11.4 Å². The van der Waals surface area contributed by atoms with E-state index in [0.29, 0.717) is 0 Å². The van der Waals surface area contributed by atoms with Crippen LogP contribution in [-0.4, -0.2) is 5.60 Å². The summed E-state index contributed by atoms with van der Waals surface area (Å²) in [5.41, 5.74) is -3.32. The fourth-order valence-electron chi connectivity index (χ4n) is 0.794. The minimum absolute atomic E-state index is 0.163. The molecule has 0 unspecified atom stereocenters. The molecule has 0 heterocycles. The maximum absolute atomic E-state index is 7.47. The van der Waals surface area contributed by atoms with E-state index in [0.717, 1.165) is 0 Å². The zero-order chi connectivity index (χ0) is 17.2. The van der Waals surface area contributed by atoms with Gasteiger partial charge in [0.15, 0.2) is 0 Å². The Morgan fingerprint density at radius 1 is 1.08 bits per heavy atom. The van der Waals surface area contributed by atoms with Crippen molar-refractivity contribution >= 4 is 0 Å². The lowest BCUT2D eigenvalue weighted by atomic mass is 10.2. The van der Waals surface area contributed by atoms with Gasteiger partial charge in [0, 0.05) is 12.3 Å². The molecule has 0 atom stereocenters. The molecule has 1 heteroatoms. The molecular weight excluding hydrogens is 160 g/mol. The zero-order valence-electron chi connectivity index (χ0n) is 15.9. The van der Waals surface area contributed by atoms with Crippen LogP contribution in [0.15, 0.2) is 48.3 Å². The maximum atomic E-state index is 7.47. The van der Waals surface area contributed by atoms with Gasteiger partial charge >= 0.3 is 0 Å². The maximum Gasteiger partial charge on any atom is 0.120 e. The normalized spacial score (nSPS) is 40.9. The number of ether oxygens (including phenoxy) is 1. The van der Waals surface area contributed by atoms with E-state index in [-0.39, 0.29) is 5.76 Å². The van der Waals surface area contributed by atoms with Crippen LogP contribution in [0.2, 0.25) is 0 Å². The Labute approximate surface area is 92.7 Å². The van der Waals surface area contributed by atoms with Crippen molar-refractivity contribution in [2.24, 2.45) is 0 Å². The van der Waals surface area contributed by atoms with Crippen LogP contribution in [0, 0.1) is 0 Å². The first-order valence-corrected chi connectivity index (χ1v) is 3.74. The van der Waals surface area contributed by atoms with Gasteiger partial charge in [-0.15, -0.1) is 0 Å². The molecule has 0 radical (unpaired) electrons. The van der Waals surface area contributed by atoms with E-state index in [2.05, 4.69) is 0 Å². The number of rotatable bonds is 1. The lowest BCUT2D eigenvalue weighted by molar-refractivity contribution is 0.0600. The largest absolute Gasteiger partial charge is 0.488 e. The molecule has 0 saturated heterocycles. The molecule has 70 valence electrons. The van der Waals surface area contributed by atoms with Crippen LogP contribution < -0.4 is 0 Å². The van der Waals surface area contributed by atoms with Crippen LogP contribution in [0.3, 0.4) is 0 Å². The van der Waals surface area contributed by atoms with Crippen molar-refractivity contribution in [2.75, 3.05) is 0 Å². The van der Waals surface area contributed by atoms with Crippen LogP contribution in [-0.2, 0) is 4.74 Å². The Bertz CT molecular complexity index is 478. The molecule has 0 fully saturated rings. The molecule has 13 heavy (non-hydrogen) atoms. The molecule has 1 aliphatic carbocycles. The van der Waals surface area contributed by atoms with Gasteiger partial charge in [-0.1, -0.05) is 30.4 Å². The van der Waals surface area contributed by atoms with Crippen molar-refractivity contribution in [1.82, 2.24) is 0 Å². The van der Waals surface area contributed by atoms with Crippen molar-refractivity contribution in [1.29, 1.82) is 0 Å². The molecule has 0 aliphatic heterocycles. The first-order valence-electron chi connectivity index (χ1n) is 8.24. The lowest BCUT2D eigenvalue weighted by Gasteiger charge is -2.21. The van der Waals surface area contributed by atoms with E-state index in [1.54, 1.807) is 18.2 Å². The molecule has 0 spiro atoms. The first kappa shape index (κ1) is 3.16. The van der Waals surface area contributed by atoms with E-state index >= 15 is 0 Å². The molecule has 0 N–H and O–H groups in total. The Kier molecular flexibility index (Phi) is 1.00. The zero-order valence-corrected chi connectivity index (χ0v) is 6.95. The highest BCUT2D eigenvalue weighted by Gasteiger charge is 2.11. The van der Waals surface area contributed by atoms with Crippen LogP contribution in [0.5, 0.6) is 0 Å². The third kappa shape index (κ3) is 4.36. The predicted molar refractivity (Wildman–Crippen MR) is 56.3 cm³/mol. The molecule has 0 aromatic heterocycles. The summed E-state index contributed by atoms with van der Waals surface area (Å²) in [6.07, 6.45) is 10.5. The highest BCUT2D eigenvalue weighted by Crippen LogP contribution is 2.15. The van der Waals surface area contributed by atoms with Crippen molar-refractivity contribution in [3.05, 3.63) is 48.3 Å². The summed E-state index contributed by atoms with van der Waals surface area (Å²) in [5, 5.41) is 0. The van der Waals surface area contributed by atoms with Gasteiger partial charge in [-0.05, 0) is 32.7 Å². The Morgan fingerprint density at radius 3 is 2.54 bits per heavy atom. The van der Waals surface area contributed by atoms with Crippen LogP contribution in [0.25, 0.3) is 0 Å². The van der Waals surface area contributed by atoms with Crippen LogP contribution in [0.4, 0.5) is 0 Å². The van der Waals surface area contributed by atoms with E-state index in [1.807, 2.05) is 0 Å². The molecule has 0 saturated carbocycles. The summed E-state index contributed by atoms with van der Waals surface area (Å²) < 4.78 is 72.3. The summed E-state index contributed by atoms with van der Waals surface area (Å²) in [6, 6.07) is 0. The van der Waals surface area contributed by atoms with E-state index in [4.69, 9.17) is 17.1 Å². The summed E-state index contributed by atoms with van der Waals surface area (Å²) in [4.78, 5) is 0. The number of hydrogen-bond donors (Lipinski definition) is 0. The van der Waals surface area contributed by atoms with Crippen molar-refractivity contribution < 1.29 is 17.1 Å². The Hall–Kier alpha value is -1.24. The highest BCUT2D eigenvalue weighted by atomic mass is 16.5. The van der Waals surface area contributed by atoms with E-state index in [9.17, 15) is 0 Å². The van der Waals surface area contributed by atoms with Gasteiger partial charge in [-0.2, -0.15) is 0 Å². The van der Waals surface area contributed by atoms with Crippen molar-refractivity contribution in [3.8, 4) is 0 Å². The standard InChI is InChI=1S/C12H16O/c1-12(2,3)13-11-9-7-5-4-6-8-10-11/h4-10H,1-3H3/b5-4-,6-4?,7-5?,8-6-,9-7-,10-8?,11-9?,11-10+/i1D3,2D3,3D3. The van der Waals surface area contributed by atoms with Gasteiger partial charge in [0.05, 0.1) is 0 Å². The fraction of sp³-hybridized carbons (Fsp3) is 0.333. The molecule has 0 amide bonds. The minimum atomic E-state index is -3.39. The fourth-order valence-corrected chi connectivity index (χ4v) is 0.794. The Balaban J connectivity index is 3.45. The average molecular weight is 185 g/mol. The summed E-state index contributed by atoms with van der Waals surface area (Å²) >= 11 is 0. The third-order valence-electron chi connectivity index (χ3n) is 1.24. The second kappa shape index (κ2) is 4.13. The molecule has 1 aliphatic rings. The van der Waals surface area contributed by atoms with Gasteiger partial charge in [-0.25, -0.2) is 0 Å². The Morgan fingerprint density at radius 2 is 1.77 bits per heavy atom. The molecule has 0 bridgehead atoms. The molecule has 1 rings (SSSR count). The monoisotopic (exact) mass is 185 g/mol. The van der Waals surface area contributed by atoms with E-state index < -0.39 is 26.2 Å². The smallest absolute Gasteiger partial charge is 0.120 e. The number of hydrogen-bond acceptors (Lipinski definition) is 1. The second-order valence-corrected chi connectivity index (χ2v) is 2.48. The summed E-state index contributed by atoms with van der Waals surface area (Å²) in [5.74, 6) is -0.163. The summed E-state index contributed by atoms with van der Waals surface area (Å²) in [7, 11) is 0. The molecular formula is C12H16O. The van der Waals surface area contributed by atoms with Crippen molar-refractivity contribution in [3.63, 3.8) is 0 Å². The molecule has 0 aromatic carbocycles. The molecule has 0 aromatic rings. The predicted octanol–water partition coefficient (Wildman–Crippen LogP) is 3.37. The van der Waals surface area contributed by atoms with Crippen LogP contribution >= 0.6 is 0 Å². The SMILES string of the molecule is [2H]C([2H])([2H])C(OC1=C/C=C\C=C/C=C\1)(C([2H])([2H])[2H])C([2H])([2H])[2H]. The van der Waals surface area contributed by atoms with Gasteiger partial charge in [-0.3, -0.25) is 0 Å². The second-order valence-electron chi connectivity index (χ2n) is 2.48.